The molecule has 0 spiro atoms. The molecule has 0 saturated heterocycles. The second-order valence-corrected chi connectivity index (χ2v) is 5.81. The quantitative estimate of drug-likeness (QED) is 0.805. The minimum Gasteiger partial charge on any atom is -0.349 e. The van der Waals surface area contributed by atoms with Gasteiger partial charge in [-0.05, 0) is 43.2 Å². The molecule has 3 nitrogen and oxygen atoms in total. The molecule has 104 valence electrons. The third kappa shape index (κ3) is 2.57. The fraction of sp³-hybridized carbons (Fsp3) is 0.471. The van der Waals surface area contributed by atoms with Crippen molar-refractivity contribution in [2.45, 2.75) is 31.7 Å². The summed E-state index contributed by atoms with van der Waals surface area (Å²) in [6, 6.07) is 7.84. The first-order chi connectivity index (χ1) is 9.78. The summed E-state index contributed by atoms with van der Waals surface area (Å²) in [6.07, 6.45) is 5.05. The van der Waals surface area contributed by atoms with E-state index in [1.165, 1.54) is 19.3 Å². The number of fused-ring (bicyclic) bond motifs is 2. The van der Waals surface area contributed by atoms with Gasteiger partial charge in [0.1, 0.15) is 0 Å². The van der Waals surface area contributed by atoms with Gasteiger partial charge in [-0.15, -0.1) is 0 Å². The maximum absolute atomic E-state index is 12.5. The SMILES string of the molecule is NCC#Cc1ccccc1C(=O)NC1CC2CCC1C2. The third-order valence-corrected chi connectivity index (χ3v) is 4.55. The van der Waals surface area contributed by atoms with Crippen LogP contribution in [0.5, 0.6) is 0 Å². The highest BCUT2D eigenvalue weighted by molar-refractivity contribution is 5.97. The summed E-state index contributed by atoms with van der Waals surface area (Å²) in [4.78, 5) is 12.5. The van der Waals surface area contributed by atoms with Crippen LogP contribution in [0, 0.1) is 23.7 Å². The van der Waals surface area contributed by atoms with Crippen LogP contribution in [-0.4, -0.2) is 18.5 Å². The van der Waals surface area contributed by atoms with E-state index in [9.17, 15) is 4.79 Å². The van der Waals surface area contributed by atoms with Crippen LogP contribution in [0.15, 0.2) is 24.3 Å². The van der Waals surface area contributed by atoms with Gasteiger partial charge in [-0.2, -0.15) is 0 Å². The lowest BCUT2D eigenvalue weighted by atomic mass is 9.95. The van der Waals surface area contributed by atoms with E-state index in [1.54, 1.807) is 0 Å². The smallest absolute Gasteiger partial charge is 0.252 e. The minimum atomic E-state index is 0.00414. The van der Waals surface area contributed by atoms with Crippen molar-refractivity contribution in [3.05, 3.63) is 35.4 Å². The average Bonchev–Trinajstić information content (AvgIpc) is 3.08. The molecule has 3 atom stereocenters. The van der Waals surface area contributed by atoms with Crippen molar-refractivity contribution in [2.75, 3.05) is 6.54 Å². The Labute approximate surface area is 119 Å². The number of hydrogen-bond acceptors (Lipinski definition) is 2. The lowest BCUT2D eigenvalue weighted by Gasteiger charge is -2.23. The summed E-state index contributed by atoms with van der Waals surface area (Å²) in [5.41, 5.74) is 6.83. The predicted molar refractivity (Wildman–Crippen MR) is 79.1 cm³/mol. The standard InChI is InChI=1S/C17H20N2O/c18-9-3-5-13-4-1-2-6-15(13)17(20)19-16-11-12-7-8-14(16)10-12/h1-2,4,6,12,14,16H,7-11,18H2,(H,19,20). The number of nitrogens with one attached hydrogen (secondary N) is 1. The van der Waals surface area contributed by atoms with Crippen molar-refractivity contribution in [1.29, 1.82) is 0 Å². The second kappa shape index (κ2) is 5.68. The van der Waals surface area contributed by atoms with E-state index in [0.717, 1.165) is 17.9 Å². The molecular formula is C17H20N2O. The summed E-state index contributed by atoms with van der Waals surface area (Å²) in [5, 5.41) is 3.21. The first-order valence-electron chi connectivity index (χ1n) is 7.36. The molecule has 3 N–H and O–H groups in total. The molecule has 1 amide bonds. The summed E-state index contributed by atoms with van der Waals surface area (Å²) in [5.74, 6) is 7.32. The number of rotatable bonds is 2. The van der Waals surface area contributed by atoms with Gasteiger partial charge in [0, 0.05) is 11.6 Å². The van der Waals surface area contributed by atoms with Crippen LogP contribution < -0.4 is 11.1 Å². The van der Waals surface area contributed by atoms with Crippen molar-refractivity contribution in [2.24, 2.45) is 17.6 Å². The Morgan fingerprint density at radius 3 is 2.85 bits per heavy atom. The average molecular weight is 268 g/mol. The molecular weight excluding hydrogens is 248 g/mol. The zero-order valence-electron chi connectivity index (χ0n) is 11.6. The second-order valence-electron chi connectivity index (χ2n) is 5.81. The van der Waals surface area contributed by atoms with Gasteiger partial charge in [0.15, 0.2) is 0 Å². The third-order valence-electron chi connectivity index (χ3n) is 4.55. The van der Waals surface area contributed by atoms with E-state index in [2.05, 4.69) is 17.2 Å². The Kier molecular flexibility index (Phi) is 3.75. The van der Waals surface area contributed by atoms with E-state index < -0.39 is 0 Å². The highest BCUT2D eigenvalue weighted by Gasteiger charge is 2.40. The van der Waals surface area contributed by atoms with Gasteiger partial charge in [-0.25, -0.2) is 0 Å². The van der Waals surface area contributed by atoms with Gasteiger partial charge in [-0.1, -0.05) is 30.4 Å². The Morgan fingerprint density at radius 1 is 1.30 bits per heavy atom. The molecule has 3 unspecified atom stereocenters. The first-order valence-corrected chi connectivity index (χ1v) is 7.36. The van der Waals surface area contributed by atoms with Gasteiger partial charge in [0.2, 0.25) is 0 Å². The fourth-order valence-corrected chi connectivity index (χ4v) is 3.60. The largest absolute Gasteiger partial charge is 0.349 e. The van der Waals surface area contributed by atoms with E-state index in [1.807, 2.05) is 24.3 Å². The molecule has 0 heterocycles. The van der Waals surface area contributed by atoms with Crippen LogP contribution in [0.2, 0.25) is 0 Å². The molecule has 2 aliphatic rings. The van der Waals surface area contributed by atoms with E-state index in [0.29, 0.717) is 24.1 Å². The Hall–Kier alpha value is -1.79. The maximum Gasteiger partial charge on any atom is 0.252 e. The molecule has 1 aromatic rings. The topological polar surface area (TPSA) is 55.1 Å². The van der Waals surface area contributed by atoms with Crippen LogP contribution in [0.1, 0.15) is 41.6 Å². The van der Waals surface area contributed by atoms with Gasteiger partial charge in [0.25, 0.3) is 5.91 Å². The summed E-state index contributed by atoms with van der Waals surface area (Å²) >= 11 is 0. The van der Waals surface area contributed by atoms with Crippen LogP contribution in [0.4, 0.5) is 0 Å². The summed E-state index contributed by atoms with van der Waals surface area (Å²) in [6.45, 7) is 0.308. The normalized spacial score (nSPS) is 26.9. The monoisotopic (exact) mass is 268 g/mol. The number of benzene rings is 1. The van der Waals surface area contributed by atoms with Gasteiger partial charge in [-0.3, -0.25) is 4.79 Å². The zero-order valence-corrected chi connectivity index (χ0v) is 11.6. The molecule has 0 radical (unpaired) electrons. The fourth-order valence-electron chi connectivity index (χ4n) is 3.60. The molecule has 3 heteroatoms. The number of carbonyl (C=O) groups is 1. The molecule has 2 fully saturated rings. The van der Waals surface area contributed by atoms with Crippen molar-refractivity contribution in [3.8, 4) is 11.8 Å². The molecule has 3 rings (SSSR count). The predicted octanol–water partition coefficient (Wildman–Crippen LogP) is 1.92. The lowest BCUT2D eigenvalue weighted by molar-refractivity contribution is 0.0922. The number of hydrogen-bond donors (Lipinski definition) is 2. The number of nitrogens with two attached hydrogens (primary N) is 1. The molecule has 0 aliphatic heterocycles. The number of carbonyl (C=O) groups excluding carboxylic acids is 1. The molecule has 2 bridgehead atoms. The minimum absolute atomic E-state index is 0.00414. The summed E-state index contributed by atoms with van der Waals surface area (Å²) in [7, 11) is 0. The van der Waals surface area contributed by atoms with Crippen LogP contribution >= 0.6 is 0 Å². The van der Waals surface area contributed by atoms with Crippen molar-refractivity contribution < 1.29 is 4.79 Å². The first kappa shape index (κ1) is 13.2. The lowest BCUT2D eigenvalue weighted by Crippen LogP contribution is -2.38. The van der Waals surface area contributed by atoms with Gasteiger partial charge >= 0.3 is 0 Å². The Morgan fingerprint density at radius 2 is 2.15 bits per heavy atom. The van der Waals surface area contributed by atoms with Crippen molar-refractivity contribution in [3.63, 3.8) is 0 Å². The van der Waals surface area contributed by atoms with E-state index in [4.69, 9.17) is 5.73 Å². The Balaban J connectivity index is 1.74. The maximum atomic E-state index is 12.5. The molecule has 2 saturated carbocycles. The summed E-state index contributed by atoms with van der Waals surface area (Å²) < 4.78 is 0. The Bertz CT molecular complexity index is 570. The molecule has 1 aromatic carbocycles. The highest BCUT2D eigenvalue weighted by Crippen LogP contribution is 2.44. The number of amides is 1. The van der Waals surface area contributed by atoms with Crippen LogP contribution in [-0.2, 0) is 0 Å². The van der Waals surface area contributed by atoms with Gasteiger partial charge < -0.3 is 11.1 Å². The van der Waals surface area contributed by atoms with Crippen molar-refractivity contribution >= 4 is 5.91 Å². The van der Waals surface area contributed by atoms with Crippen LogP contribution in [0.25, 0.3) is 0 Å². The molecule has 20 heavy (non-hydrogen) atoms. The van der Waals surface area contributed by atoms with E-state index in [-0.39, 0.29) is 5.91 Å². The highest BCUT2D eigenvalue weighted by atomic mass is 16.1. The van der Waals surface area contributed by atoms with E-state index >= 15 is 0 Å². The van der Waals surface area contributed by atoms with Crippen molar-refractivity contribution in [1.82, 2.24) is 5.32 Å². The van der Waals surface area contributed by atoms with Gasteiger partial charge in [0.05, 0.1) is 12.1 Å². The molecule has 2 aliphatic carbocycles. The molecule has 0 aromatic heterocycles. The zero-order chi connectivity index (χ0) is 13.9. The van der Waals surface area contributed by atoms with Crippen LogP contribution in [0.3, 0.4) is 0 Å².